The Morgan fingerprint density at radius 2 is 1.94 bits per heavy atom. The van der Waals surface area contributed by atoms with Crippen LogP contribution in [-0.2, 0) is 17.9 Å². The van der Waals surface area contributed by atoms with E-state index < -0.39 is 0 Å². The quantitative estimate of drug-likeness (QED) is 0.890. The zero-order valence-corrected chi connectivity index (χ0v) is 10.7. The Hall–Kier alpha value is -2.10. The molecule has 2 aromatic heterocycles. The normalized spacial score (nSPS) is 10.3. The van der Waals surface area contributed by atoms with Gasteiger partial charge in [-0.15, -0.1) is 0 Å². The second-order valence-electron chi connectivity index (χ2n) is 4.30. The third kappa shape index (κ3) is 2.97. The Morgan fingerprint density at radius 1 is 1.22 bits per heavy atom. The standard InChI is InChI=1S/C14H17N3O/c1-11-6-7-12(2)17(11)10-14(18)16-9-13-5-3-4-8-15-13/h3-8H,9-10H2,1-2H3,(H,16,18). The fraction of sp³-hybridized carbons (Fsp3) is 0.286. The van der Waals surface area contributed by atoms with E-state index in [4.69, 9.17) is 0 Å². The molecule has 0 aromatic carbocycles. The number of aromatic nitrogens is 2. The molecule has 1 N–H and O–H groups in total. The first-order valence-electron chi connectivity index (χ1n) is 5.96. The molecule has 0 aliphatic rings. The van der Waals surface area contributed by atoms with Crippen LogP contribution in [0.25, 0.3) is 0 Å². The number of carbonyl (C=O) groups is 1. The molecule has 94 valence electrons. The number of amides is 1. The van der Waals surface area contributed by atoms with Gasteiger partial charge in [0.2, 0.25) is 5.91 Å². The molecule has 0 bridgehead atoms. The summed E-state index contributed by atoms with van der Waals surface area (Å²) in [4.78, 5) is 16.0. The lowest BCUT2D eigenvalue weighted by Gasteiger charge is -2.09. The van der Waals surface area contributed by atoms with Gasteiger partial charge in [-0.1, -0.05) is 6.07 Å². The van der Waals surface area contributed by atoms with Gasteiger partial charge in [-0.25, -0.2) is 0 Å². The molecule has 4 heteroatoms. The van der Waals surface area contributed by atoms with Crippen molar-refractivity contribution in [2.75, 3.05) is 0 Å². The molecule has 0 aliphatic heterocycles. The van der Waals surface area contributed by atoms with E-state index in [9.17, 15) is 4.79 Å². The SMILES string of the molecule is Cc1ccc(C)n1CC(=O)NCc1ccccn1. The lowest BCUT2D eigenvalue weighted by Crippen LogP contribution is -2.28. The van der Waals surface area contributed by atoms with Crippen molar-refractivity contribution < 1.29 is 4.79 Å². The van der Waals surface area contributed by atoms with Crippen LogP contribution in [0.4, 0.5) is 0 Å². The third-order valence-electron chi connectivity index (χ3n) is 2.91. The number of hydrogen-bond acceptors (Lipinski definition) is 2. The van der Waals surface area contributed by atoms with Crippen LogP contribution in [0.5, 0.6) is 0 Å². The van der Waals surface area contributed by atoms with Crippen LogP contribution >= 0.6 is 0 Å². The highest BCUT2D eigenvalue weighted by Gasteiger charge is 2.06. The molecule has 0 spiro atoms. The van der Waals surface area contributed by atoms with Crippen LogP contribution < -0.4 is 5.32 Å². The maximum absolute atomic E-state index is 11.8. The molecular weight excluding hydrogens is 226 g/mol. The fourth-order valence-corrected chi connectivity index (χ4v) is 1.84. The maximum atomic E-state index is 11.8. The van der Waals surface area contributed by atoms with E-state index in [2.05, 4.69) is 10.3 Å². The van der Waals surface area contributed by atoms with Crippen molar-refractivity contribution in [1.29, 1.82) is 0 Å². The highest BCUT2D eigenvalue weighted by molar-refractivity contribution is 5.75. The Morgan fingerprint density at radius 3 is 2.56 bits per heavy atom. The molecule has 0 aliphatic carbocycles. The second-order valence-corrected chi connectivity index (χ2v) is 4.30. The first kappa shape index (κ1) is 12.4. The van der Waals surface area contributed by atoms with Gasteiger partial charge in [0, 0.05) is 17.6 Å². The number of pyridine rings is 1. The molecule has 2 rings (SSSR count). The zero-order chi connectivity index (χ0) is 13.0. The van der Waals surface area contributed by atoms with Crippen molar-refractivity contribution in [2.45, 2.75) is 26.9 Å². The Kier molecular flexibility index (Phi) is 3.77. The molecule has 0 atom stereocenters. The summed E-state index contributed by atoms with van der Waals surface area (Å²) in [5.41, 5.74) is 3.06. The van der Waals surface area contributed by atoms with Crippen molar-refractivity contribution in [1.82, 2.24) is 14.9 Å². The highest BCUT2D eigenvalue weighted by Crippen LogP contribution is 2.06. The van der Waals surface area contributed by atoms with Crippen molar-refractivity contribution in [3.05, 3.63) is 53.6 Å². The van der Waals surface area contributed by atoms with Crippen molar-refractivity contribution in [3.8, 4) is 0 Å². The van der Waals surface area contributed by atoms with Crippen molar-refractivity contribution >= 4 is 5.91 Å². The second kappa shape index (κ2) is 5.49. The zero-order valence-electron chi connectivity index (χ0n) is 10.7. The van der Waals surface area contributed by atoms with Gasteiger partial charge in [0.1, 0.15) is 6.54 Å². The molecular formula is C14H17N3O. The molecule has 0 saturated heterocycles. The molecule has 18 heavy (non-hydrogen) atoms. The summed E-state index contributed by atoms with van der Waals surface area (Å²) in [6.45, 7) is 4.83. The molecule has 0 saturated carbocycles. The van der Waals surface area contributed by atoms with E-state index >= 15 is 0 Å². The molecule has 2 aromatic rings. The number of nitrogens with zero attached hydrogens (tertiary/aromatic N) is 2. The minimum Gasteiger partial charge on any atom is -0.349 e. The first-order valence-corrected chi connectivity index (χ1v) is 5.96. The summed E-state index contributed by atoms with van der Waals surface area (Å²) >= 11 is 0. The summed E-state index contributed by atoms with van der Waals surface area (Å²) in [6.07, 6.45) is 1.72. The van der Waals surface area contributed by atoms with Gasteiger partial charge in [0.15, 0.2) is 0 Å². The van der Waals surface area contributed by atoms with E-state index in [1.165, 1.54) is 0 Å². The number of nitrogens with one attached hydrogen (secondary N) is 1. The molecule has 1 amide bonds. The lowest BCUT2D eigenvalue weighted by molar-refractivity contribution is -0.121. The minimum atomic E-state index is 0.00283. The van der Waals surface area contributed by atoms with Gasteiger partial charge >= 0.3 is 0 Å². The van der Waals surface area contributed by atoms with Crippen LogP contribution in [0.1, 0.15) is 17.1 Å². The van der Waals surface area contributed by atoms with Gasteiger partial charge < -0.3 is 9.88 Å². The van der Waals surface area contributed by atoms with E-state index in [0.29, 0.717) is 13.1 Å². The number of rotatable bonds is 4. The van der Waals surface area contributed by atoms with Gasteiger partial charge in [-0.2, -0.15) is 0 Å². The summed E-state index contributed by atoms with van der Waals surface area (Å²) in [5.74, 6) is 0.00283. The van der Waals surface area contributed by atoms with Gasteiger partial charge in [0.25, 0.3) is 0 Å². The van der Waals surface area contributed by atoms with Crippen molar-refractivity contribution in [3.63, 3.8) is 0 Å². The maximum Gasteiger partial charge on any atom is 0.240 e. The van der Waals surface area contributed by atoms with Crippen LogP contribution in [0.2, 0.25) is 0 Å². The third-order valence-corrected chi connectivity index (χ3v) is 2.91. The van der Waals surface area contributed by atoms with Crippen LogP contribution in [0, 0.1) is 13.8 Å². The number of aryl methyl sites for hydroxylation is 2. The average Bonchev–Trinajstić information content (AvgIpc) is 2.69. The Balaban J connectivity index is 1.90. The van der Waals surface area contributed by atoms with E-state index in [0.717, 1.165) is 17.1 Å². The molecule has 0 fully saturated rings. The van der Waals surface area contributed by atoms with Crippen LogP contribution in [0.3, 0.4) is 0 Å². The van der Waals surface area contributed by atoms with E-state index in [-0.39, 0.29) is 5.91 Å². The molecule has 2 heterocycles. The summed E-state index contributed by atoms with van der Waals surface area (Å²) < 4.78 is 1.99. The summed E-state index contributed by atoms with van der Waals surface area (Å²) in [6, 6.07) is 9.70. The largest absolute Gasteiger partial charge is 0.349 e. The number of carbonyl (C=O) groups excluding carboxylic acids is 1. The Bertz CT molecular complexity index is 512. The number of hydrogen-bond donors (Lipinski definition) is 1. The van der Waals surface area contributed by atoms with E-state index in [1.54, 1.807) is 6.20 Å². The fourth-order valence-electron chi connectivity index (χ4n) is 1.84. The predicted octanol–water partition coefficient (Wildman–Crippen LogP) is 1.82. The van der Waals surface area contributed by atoms with Gasteiger partial charge in [-0.05, 0) is 38.1 Å². The van der Waals surface area contributed by atoms with Crippen LogP contribution in [-0.4, -0.2) is 15.5 Å². The lowest BCUT2D eigenvalue weighted by atomic mass is 10.3. The van der Waals surface area contributed by atoms with Crippen molar-refractivity contribution in [2.24, 2.45) is 0 Å². The molecule has 4 nitrogen and oxygen atoms in total. The minimum absolute atomic E-state index is 0.00283. The molecule has 0 unspecified atom stereocenters. The summed E-state index contributed by atoms with van der Waals surface area (Å²) in [5, 5.41) is 2.87. The molecule has 0 radical (unpaired) electrons. The van der Waals surface area contributed by atoms with Gasteiger partial charge in [-0.3, -0.25) is 9.78 Å². The van der Waals surface area contributed by atoms with Gasteiger partial charge in [0.05, 0.1) is 12.2 Å². The highest BCUT2D eigenvalue weighted by atomic mass is 16.1. The van der Waals surface area contributed by atoms with E-state index in [1.807, 2.05) is 48.7 Å². The first-order chi connectivity index (χ1) is 8.66. The van der Waals surface area contributed by atoms with Crippen LogP contribution in [0.15, 0.2) is 36.5 Å². The topological polar surface area (TPSA) is 46.9 Å². The summed E-state index contributed by atoms with van der Waals surface area (Å²) in [7, 11) is 0. The average molecular weight is 243 g/mol. The predicted molar refractivity (Wildman–Crippen MR) is 70.0 cm³/mol. The monoisotopic (exact) mass is 243 g/mol. The Labute approximate surface area is 107 Å². The smallest absolute Gasteiger partial charge is 0.240 e.